The number of hydrogen-bond donors (Lipinski definition) is 2. The van der Waals surface area contributed by atoms with Crippen LogP contribution < -0.4 is 11.1 Å². The minimum Gasteiger partial charge on any atom is -0.399 e. The zero-order valence-electron chi connectivity index (χ0n) is 11.1. The first-order chi connectivity index (χ1) is 9.65. The molecule has 0 fully saturated rings. The van der Waals surface area contributed by atoms with Gasteiger partial charge in [0.2, 0.25) is 5.91 Å². The molecule has 0 aromatic heterocycles. The van der Waals surface area contributed by atoms with E-state index in [0.29, 0.717) is 24.4 Å². The number of halogens is 1. The summed E-state index contributed by atoms with van der Waals surface area (Å²) < 4.78 is 0. The zero-order valence-corrected chi connectivity index (χ0v) is 11.9. The van der Waals surface area contributed by atoms with Gasteiger partial charge in [0.05, 0.1) is 0 Å². The minimum absolute atomic E-state index is 0.0155. The molecule has 0 saturated carbocycles. The van der Waals surface area contributed by atoms with E-state index in [1.54, 1.807) is 0 Å². The van der Waals surface area contributed by atoms with Crippen LogP contribution >= 0.6 is 11.6 Å². The van der Waals surface area contributed by atoms with Crippen LogP contribution in [0.1, 0.15) is 17.5 Å². The fraction of sp³-hybridized carbons (Fsp3) is 0.188. The fourth-order valence-electron chi connectivity index (χ4n) is 1.87. The minimum atomic E-state index is 0.0155. The number of benzene rings is 2. The topological polar surface area (TPSA) is 55.1 Å². The van der Waals surface area contributed by atoms with Gasteiger partial charge >= 0.3 is 0 Å². The molecule has 3 N–H and O–H groups in total. The number of nitrogens with one attached hydrogen (secondary N) is 1. The highest BCUT2D eigenvalue weighted by Gasteiger charge is 2.04. The van der Waals surface area contributed by atoms with Crippen LogP contribution in [0.4, 0.5) is 5.69 Å². The van der Waals surface area contributed by atoms with Crippen LogP contribution in [0.2, 0.25) is 5.02 Å². The highest BCUT2D eigenvalue weighted by Crippen LogP contribution is 2.14. The first kappa shape index (κ1) is 14.4. The molecular formula is C16H17ClN2O. The quantitative estimate of drug-likeness (QED) is 0.830. The number of nitrogens with two attached hydrogens (primary N) is 1. The molecule has 0 radical (unpaired) electrons. The van der Waals surface area contributed by atoms with Gasteiger partial charge in [0.25, 0.3) is 0 Å². The average molecular weight is 289 g/mol. The molecule has 2 aromatic carbocycles. The molecule has 0 aliphatic heterocycles. The summed E-state index contributed by atoms with van der Waals surface area (Å²) >= 11 is 6.03. The smallest absolute Gasteiger partial charge is 0.220 e. The molecule has 2 aromatic rings. The van der Waals surface area contributed by atoms with Crippen molar-refractivity contribution in [3.63, 3.8) is 0 Å². The van der Waals surface area contributed by atoms with Gasteiger partial charge in [-0.2, -0.15) is 0 Å². The summed E-state index contributed by atoms with van der Waals surface area (Å²) in [4.78, 5) is 11.8. The molecule has 104 valence electrons. The average Bonchev–Trinajstić information content (AvgIpc) is 2.46. The molecule has 2 rings (SSSR count). The maximum absolute atomic E-state index is 11.8. The van der Waals surface area contributed by atoms with Gasteiger partial charge in [0.1, 0.15) is 0 Å². The fourth-order valence-corrected chi connectivity index (χ4v) is 2.07. The standard InChI is InChI=1S/C16H17ClN2O/c17-15-4-2-1-3-13(15)11-19-16(20)10-7-12-5-8-14(18)9-6-12/h1-6,8-9H,7,10-11,18H2,(H,19,20). The van der Waals surface area contributed by atoms with Crippen molar-refractivity contribution >= 4 is 23.2 Å². The molecule has 0 atom stereocenters. The Kier molecular flexibility index (Phi) is 5.02. The lowest BCUT2D eigenvalue weighted by molar-refractivity contribution is -0.121. The molecule has 0 bridgehead atoms. The van der Waals surface area contributed by atoms with Gasteiger partial charge in [0, 0.05) is 23.7 Å². The van der Waals surface area contributed by atoms with Crippen molar-refractivity contribution in [1.29, 1.82) is 0 Å². The van der Waals surface area contributed by atoms with Crippen LogP contribution in [0, 0.1) is 0 Å². The third kappa shape index (κ3) is 4.28. The Bertz CT molecular complexity index is 581. The monoisotopic (exact) mass is 288 g/mol. The van der Waals surface area contributed by atoms with E-state index < -0.39 is 0 Å². The van der Waals surface area contributed by atoms with Crippen LogP contribution in [0.15, 0.2) is 48.5 Å². The van der Waals surface area contributed by atoms with Crippen molar-refractivity contribution in [1.82, 2.24) is 5.32 Å². The van der Waals surface area contributed by atoms with Crippen molar-refractivity contribution < 1.29 is 4.79 Å². The Labute approximate surface area is 123 Å². The molecular weight excluding hydrogens is 272 g/mol. The van der Waals surface area contributed by atoms with E-state index in [0.717, 1.165) is 16.8 Å². The Hall–Kier alpha value is -2.00. The summed E-state index contributed by atoms with van der Waals surface area (Å²) in [5, 5.41) is 3.55. The van der Waals surface area contributed by atoms with E-state index in [-0.39, 0.29) is 5.91 Å². The first-order valence-electron chi connectivity index (χ1n) is 6.49. The Morgan fingerprint density at radius 2 is 1.80 bits per heavy atom. The van der Waals surface area contributed by atoms with Crippen LogP contribution in [-0.4, -0.2) is 5.91 Å². The van der Waals surface area contributed by atoms with Crippen LogP contribution in [0.3, 0.4) is 0 Å². The van der Waals surface area contributed by atoms with Gasteiger partial charge in [-0.05, 0) is 35.7 Å². The maximum Gasteiger partial charge on any atom is 0.220 e. The molecule has 20 heavy (non-hydrogen) atoms. The van der Waals surface area contributed by atoms with Crippen LogP contribution in [0.25, 0.3) is 0 Å². The lowest BCUT2D eigenvalue weighted by atomic mass is 10.1. The summed E-state index contributed by atoms with van der Waals surface area (Å²) in [6.45, 7) is 0.459. The number of amides is 1. The number of nitrogen functional groups attached to an aromatic ring is 1. The number of aryl methyl sites for hydroxylation is 1. The normalized spacial score (nSPS) is 10.2. The van der Waals surface area contributed by atoms with Crippen molar-refractivity contribution in [2.45, 2.75) is 19.4 Å². The van der Waals surface area contributed by atoms with E-state index in [1.807, 2.05) is 48.5 Å². The highest BCUT2D eigenvalue weighted by atomic mass is 35.5. The predicted molar refractivity (Wildman–Crippen MR) is 82.5 cm³/mol. The summed E-state index contributed by atoms with van der Waals surface area (Å²) in [7, 11) is 0. The van der Waals surface area contributed by atoms with Crippen molar-refractivity contribution in [2.75, 3.05) is 5.73 Å². The van der Waals surface area contributed by atoms with E-state index in [9.17, 15) is 4.79 Å². The van der Waals surface area contributed by atoms with E-state index in [1.165, 1.54) is 0 Å². The number of rotatable bonds is 5. The second-order valence-corrected chi connectivity index (χ2v) is 5.02. The number of carbonyl (C=O) groups is 1. The highest BCUT2D eigenvalue weighted by molar-refractivity contribution is 6.31. The molecule has 0 spiro atoms. The molecule has 1 amide bonds. The Morgan fingerprint density at radius 3 is 2.50 bits per heavy atom. The van der Waals surface area contributed by atoms with E-state index in [4.69, 9.17) is 17.3 Å². The predicted octanol–water partition coefficient (Wildman–Crippen LogP) is 3.17. The van der Waals surface area contributed by atoms with Gasteiger partial charge in [-0.25, -0.2) is 0 Å². The van der Waals surface area contributed by atoms with Gasteiger partial charge in [-0.15, -0.1) is 0 Å². The van der Waals surface area contributed by atoms with E-state index >= 15 is 0 Å². The molecule has 0 saturated heterocycles. The van der Waals surface area contributed by atoms with Gasteiger partial charge < -0.3 is 11.1 Å². The van der Waals surface area contributed by atoms with E-state index in [2.05, 4.69) is 5.32 Å². The first-order valence-corrected chi connectivity index (χ1v) is 6.87. The number of hydrogen-bond acceptors (Lipinski definition) is 2. The second-order valence-electron chi connectivity index (χ2n) is 4.61. The van der Waals surface area contributed by atoms with Crippen molar-refractivity contribution in [3.05, 3.63) is 64.7 Å². The number of anilines is 1. The largest absolute Gasteiger partial charge is 0.399 e. The second kappa shape index (κ2) is 6.96. The lowest BCUT2D eigenvalue weighted by Crippen LogP contribution is -2.23. The third-order valence-corrected chi connectivity index (χ3v) is 3.42. The molecule has 0 unspecified atom stereocenters. The van der Waals surface area contributed by atoms with Crippen molar-refractivity contribution in [3.8, 4) is 0 Å². The SMILES string of the molecule is Nc1ccc(CCC(=O)NCc2ccccc2Cl)cc1. The molecule has 3 nitrogen and oxygen atoms in total. The van der Waals surface area contributed by atoms with Gasteiger partial charge in [-0.1, -0.05) is 41.9 Å². The lowest BCUT2D eigenvalue weighted by Gasteiger charge is -2.07. The van der Waals surface area contributed by atoms with Gasteiger partial charge in [0.15, 0.2) is 0 Å². The molecule has 4 heteroatoms. The van der Waals surface area contributed by atoms with Crippen LogP contribution in [0.5, 0.6) is 0 Å². The zero-order chi connectivity index (χ0) is 14.4. The molecule has 0 aliphatic carbocycles. The summed E-state index contributed by atoms with van der Waals surface area (Å²) in [5.74, 6) is 0.0155. The molecule has 0 heterocycles. The Balaban J connectivity index is 1.78. The van der Waals surface area contributed by atoms with Gasteiger partial charge in [-0.3, -0.25) is 4.79 Å². The maximum atomic E-state index is 11.8. The third-order valence-electron chi connectivity index (χ3n) is 3.05. The number of carbonyl (C=O) groups excluding carboxylic acids is 1. The van der Waals surface area contributed by atoms with Crippen molar-refractivity contribution in [2.24, 2.45) is 0 Å². The van der Waals surface area contributed by atoms with Crippen LogP contribution in [-0.2, 0) is 17.8 Å². The summed E-state index contributed by atoms with van der Waals surface area (Å²) in [5.41, 5.74) is 8.38. The Morgan fingerprint density at radius 1 is 1.10 bits per heavy atom. The summed E-state index contributed by atoms with van der Waals surface area (Å²) in [6.07, 6.45) is 1.16. The molecule has 0 aliphatic rings. The summed E-state index contributed by atoms with van der Waals surface area (Å²) in [6, 6.07) is 15.1.